The number of β-lactam (4-membered cyclic amide) rings is 1. The fourth-order valence-electron chi connectivity index (χ4n) is 3.52. The number of amides is 2. The van der Waals surface area contributed by atoms with Crippen molar-refractivity contribution in [3.8, 4) is 0 Å². The van der Waals surface area contributed by atoms with Crippen molar-refractivity contribution >= 4 is 31.2 Å². The van der Waals surface area contributed by atoms with Gasteiger partial charge < -0.3 is 19.3 Å². The Bertz CT molecular complexity index is 749. The van der Waals surface area contributed by atoms with Gasteiger partial charge in [-0.2, -0.15) is 0 Å². The van der Waals surface area contributed by atoms with Crippen LogP contribution in [0.15, 0.2) is 30.3 Å². The smallest absolute Gasteiger partial charge is 0.341 e. The number of hydrogen-bond acceptors (Lipinski definition) is 6. The van der Waals surface area contributed by atoms with Crippen LogP contribution in [-0.2, 0) is 29.6 Å². The Morgan fingerprint density at radius 3 is 2.46 bits per heavy atom. The van der Waals surface area contributed by atoms with Crippen molar-refractivity contribution in [1.29, 1.82) is 0 Å². The minimum atomic E-state index is -3.47. The van der Waals surface area contributed by atoms with Crippen molar-refractivity contribution in [2.75, 3.05) is 14.2 Å². The first-order valence-corrected chi connectivity index (χ1v) is 10.8. The molecule has 2 amide bonds. The molecular formula is C17H23N2O5PS. The zero-order valence-electron chi connectivity index (χ0n) is 15.2. The van der Waals surface area contributed by atoms with Gasteiger partial charge in [-0.15, -0.1) is 11.8 Å². The third-order valence-electron chi connectivity index (χ3n) is 4.72. The normalized spacial score (nSPS) is 27.0. The second kappa shape index (κ2) is 7.00. The fraction of sp³-hybridized carbons (Fsp3) is 0.529. The molecule has 0 spiro atoms. The average Bonchev–Trinajstić information content (AvgIpc) is 2.88. The van der Waals surface area contributed by atoms with Crippen LogP contribution < -0.4 is 5.32 Å². The van der Waals surface area contributed by atoms with Gasteiger partial charge in [-0.25, -0.2) is 0 Å². The van der Waals surface area contributed by atoms with E-state index in [0.29, 0.717) is 0 Å². The van der Waals surface area contributed by atoms with Gasteiger partial charge in [-0.1, -0.05) is 30.3 Å². The number of rotatable bonds is 6. The molecule has 2 fully saturated rings. The summed E-state index contributed by atoms with van der Waals surface area (Å²) in [5.74, 6) is -1.15. The highest BCUT2D eigenvalue weighted by atomic mass is 32.2. The minimum Gasteiger partial charge on any atom is -0.341 e. The number of nitrogens with one attached hydrogen (secondary N) is 1. The number of fused-ring (bicyclic) bond motifs is 1. The third-order valence-corrected chi connectivity index (χ3v) is 8.98. The van der Waals surface area contributed by atoms with E-state index in [0.717, 1.165) is 5.56 Å². The van der Waals surface area contributed by atoms with E-state index in [1.807, 2.05) is 44.2 Å². The SMILES string of the molecule is COP(=O)(OC)C1N2C(=O)C(NC(=O)Cc3ccccc3)[C@@H]2SC1(C)C. The van der Waals surface area contributed by atoms with E-state index in [4.69, 9.17) is 9.05 Å². The summed E-state index contributed by atoms with van der Waals surface area (Å²) in [6.45, 7) is 3.81. The molecule has 142 valence electrons. The molecule has 2 saturated heterocycles. The molecule has 1 aromatic rings. The maximum absolute atomic E-state index is 12.9. The van der Waals surface area contributed by atoms with E-state index in [-0.39, 0.29) is 23.6 Å². The Balaban J connectivity index is 1.72. The molecule has 1 N–H and O–H groups in total. The van der Waals surface area contributed by atoms with E-state index >= 15 is 0 Å². The van der Waals surface area contributed by atoms with Crippen molar-refractivity contribution < 1.29 is 23.2 Å². The van der Waals surface area contributed by atoms with Gasteiger partial charge in [0.25, 0.3) is 0 Å². The summed E-state index contributed by atoms with van der Waals surface area (Å²) in [5, 5.41) is 2.53. The van der Waals surface area contributed by atoms with Crippen LogP contribution in [0.5, 0.6) is 0 Å². The molecule has 9 heteroatoms. The van der Waals surface area contributed by atoms with Gasteiger partial charge in [-0.05, 0) is 19.4 Å². The monoisotopic (exact) mass is 398 g/mol. The Morgan fingerprint density at radius 2 is 1.88 bits per heavy atom. The number of carbonyl (C=O) groups excluding carboxylic acids is 2. The minimum absolute atomic E-state index is 0.210. The van der Waals surface area contributed by atoms with Crippen LogP contribution in [0.4, 0.5) is 0 Å². The van der Waals surface area contributed by atoms with Gasteiger partial charge in [0.1, 0.15) is 17.2 Å². The molecular weight excluding hydrogens is 375 g/mol. The molecule has 26 heavy (non-hydrogen) atoms. The maximum Gasteiger partial charge on any atom is 0.353 e. The van der Waals surface area contributed by atoms with Crippen LogP contribution in [0, 0.1) is 0 Å². The lowest BCUT2D eigenvalue weighted by molar-refractivity contribution is -0.149. The Kier molecular flexibility index (Phi) is 5.23. The summed E-state index contributed by atoms with van der Waals surface area (Å²) in [7, 11) is -0.832. The molecule has 3 atom stereocenters. The third kappa shape index (κ3) is 3.20. The van der Waals surface area contributed by atoms with Gasteiger partial charge in [0.2, 0.25) is 11.8 Å². The van der Waals surface area contributed by atoms with Crippen molar-refractivity contribution in [3.63, 3.8) is 0 Å². The second-order valence-corrected chi connectivity index (χ2v) is 10.9. The van der Waals surface area contributed by atoms with Crippen LogP contribution in [0.3, 0.4) is 0 Å². The number of carbonyl (C=O) groups is 2. The summed E-state index contributed by atoms with van der Waals surface area (Å²) in [6, 6.07) is 8.73. The topological polar surface area (TPSA) is 84.9 Å². The van der Waals surface area contributed by atoms with E-state index in [1.165, 1.54) is 30.9 Å². The molecule has 2 heterocycles. The number of benzene rings is 1. The van der Waals surface area contributed by atoms with E-state index < -0.39 is 24.2 Å². The number of nitrogens with zero attached hydrogens (tertiary/aromatic N) is 1. The van der Waals surface area contributed by atoms with Gasteiger partial charge in [0.15, 0.2) is 0 Å². The van der Waals surface area contributed by atoms with Crippen molar-refractivity contribution in [2.45, 2.75) is 42.2 Å². The fourth-order valence-corrected chi connectivity index (χ4v) is 7.57. The number of thioether (sulfide) groups is 1. The largest absolute Gasteiger partial charge is 0.353 e. The van der Waals surface area contributed by atoms with Gasteiger partial charge in [0, 0.05) is 19.0 Å². The molecule has 2 unspecified atom stereocenters. The van der Waals surface area contributed by atoms with Crippen LogP contribution in [-0.4, -0.2) is 52.9 Å². The van der Waals surface area contributed by atoms with Crippen LogP contribution in [0.25, 0.3) is 0 Å². The van der Waals surface area contributed by atoms with Crippen molar-refractivity contribution in [3.05, 3.63) is 35.9 Å². The predicted octanol–water partition coefficient (Wildman–Crippen LogP) is 2.22. The first-order valence-electron chi connectivity index (χ1n) is 8.28. The van der Waals surface area contributed by atoms with E-state index in [2.05, 4.69) is 5.32 Å². The molecule has 0 radical (unpaired) electrons. The highest BCUT2D eigenvalue weighted by Gasteiger charge is 2.67. The zero-order valence-corrected chi connectivity index (χ0v) is 16.9. The molecule has 0 aromatic heterocycles. The van der Waals surface area contributed by atoms with E-state index in [9.17, 15) is 14.2 Å². The molecule has 0 saturated carbocycles. The quantitative estimate of drug-likeness (QED) is 0.584. The summed E-state index contributed by atoms with van der Waals surface area (Å²) >= 11 is 1.50. The molecule has 0 bridgehead atoms. The molecule has 1 aromatic carbocycles. The first-order chi connectivity index (χ1) is 12.2. The molecule has 7 nitrogen and oxygen atoms in total. The van der Waals surface area contributed by atoms with Crippen molar-refractivity contribution in [1.82, 2.24) is 10.2 Å². The summed E-state index contributed by atoms with van der Waals surface area (Å²) in [5.41, 5.74) is 0.883. The lowest BCUT2D eigenvalue weighted by atomic mass is 10.0. The van der Waals surface area contributed by atoms with Crippen LogP contribution in [0.1, 0.15) is 19.4 Å². The average molecular weight is 398 g/mol. The zero-order chi connectivity index (χ0) is 19.1. The lowest BCUT2D eigenvalue weighted by Crippen LogP contribution is -2.69. The van der Waals surface area contributed by atoms with Crippen molar-refractivity contribution in [2.24, 2.45) is 0 Å². The Labute approximate surface area is 157 Å². The predicted molar refractivity (Wildman–Crippen MR) is 99.8 cm³/mol. The molecule has 2 aliphatic heterocycles. The number of hydrogen-bond donors (Lipinski definition) is 1. The van der Waals surface area contributed by atoms with Gasteiger partial charge in [0.05, 0.1) is 6.42 Å². The highest BCUT2D eigenvalue weighted by Crippen LogP contribution is 2.66. The first kappa shape index (κ1) is 19.4. The molecule has 2 aliphatic rings. The van der Waals surface area contributed by atoms with Crippen LogP contribution >= 0.6 is 19.4 Å². The maximum atomic E-state index is 12.9. The Hall–Kier alpha value is -1.34. The Morgan fingerprint density at radius 1 is 1.27 bits per heavy atom. The summed E-state index contributed by atoms with van der Waals surface area (Å²) in [6.07, 6.45) is 0.212. The van der Waals surface area contributed by atoms with Gasteiger partial charge >= 0.3 is 7.60 Å². The van der Waals surface area contributed by atoms with Gasteiger partial charge in [-0.3, -0.25) is 14.2 Å². The van der Waals surface area contributed by atoms with Crippen LogP contribution in [0.2, 0.25) is 0 Å². The molecule has 3 rings (SSSR count). The second-order valence-electron chi connectivity index (χ2n) is 6.84. The molecule has 0 aliphatic carbocycles. The summed E-state index contributed by atoms with van der Waals surface area (Å²) in [4.78, 5) is 26.5. The standard InChI is InChI=1S/C17H23N2O5PS/c1-17(2)16(25(22,23-3)24-4)19-14(21)13(15(19)26-17)18-12(20)10-11-8-6-5-7-9-11/h5-9,13,15-16H,10H2,1-4H3,(H,18,20)/t13?,15-,16?/m0/s1. The summed E-state index contributed by atoms with van der Waals surface area (Å²) < 4.78 is 22.7. The highest BCUT2D eigenvalue weighted by molar-refractivity contribution is 8.02. The van der Waals surface area contributed by atoms with E-state index in [1.54, 1.807) is 0 Å². The lowest BCUT2D eigenvalue weighted by Gasteiger charge is -2.45.